The van der Waals surface area contributed by atoms with Gasteiger partial charge in [0.25, 0.3) is 5.91 Å². The number of hydrogen-bond acceptors (Lipinski definition) is 4. The van der Waals surface area contributed by atoms with Gasteiger partial charge in [0.15, 0.2) is 0 Å². The van der Waals surface area contributed by atoms with Gasteiger partial charge in [-0.25, -0.2) is 0 Å². The van der Waals surface area contributed by atoms with E-state index in [4.69, 9.17) is 10.5 Å². The molecule has 1 atom stereocenters. The highest BCUT2D eigenvalue weighted by Gasteiger charge is 2.21. The van der Waals surface area contributed by atoms with Crippen molar-refractivity contribution in [3.05, 3.63) is 59.7 Å². The van der Waals surface area contributed by atoms with Crippen LogP contribution < -0.4 is 21.1 Å². The molecule has 0 fully saturated rings. The van der Waals surface area contributed by atoms with Crippen molar-refractivity contribution in [3.63, 3.8) is 0 Å². The maximum atomic E-state index is 12.6. The van der Waals surface area contributed by atoms with Crippen LogP contribution in [0.15, 0.2) is 48.5 Å². The van der Waals surface area contributed by atoms with E-state index in [1.165, 1.54) is 6.92 Å². The van der Waals surface area contributed by atoms with Gasteiger partial charge in [-0.3, -0.25) is 14.4 Å². The minimum atomic E-state index is -0.888. The minimum absolute atomic E-state index is 0.243. The predicted molar refractivity (Wildman–Crippen MR) is 97.9 cm³/mol. The predicted octanol–water partition coefficient (Wildman–Crippen LogP) is 1.48. The number of amides is 3. The van der Waals surface area contributed by atoms with E-state index in [9.17, 15) is 14.4 Å². The number of ether oxygens (including phenoxy) is 1. The molecule has 2 rings (SSSR count). The van der Waals surface area contributed by atoms with Crippen molar-refractivity contribution >= 4 is 23.4 Å². The van der Waals surface area contributed by atoms with Gasteiger partial charge in [0, 0.05) is 13.3 Å². The molecule has 0 saturated carbocycles. The molecule has 3 amide bonds. The lowest BCUT2D eigenvalue weighted by Crippen LogP contribution is -2.46. The lowest BCUT2D eigenvalue weighted by molar-refractivity contribution is -0.119. The first-order valence-corrected chi connectivity index (χ1v) is 8.00. The zero-order chi connectivity index (χ0) is 19.1. The molecule has 0 heterocycles. The van der Waals surface area contributed by atoms with E-state index in [-0.39, 0.29) is 17.9 Å². The highest BCUT2D eigenvalue weighted by atomic mass is 16.5. The second kappa shape index (κ2) is 8.66. The van der Waals surface area contributed by atoms with E-state index < -0.39 is 17.9 Å². The van der Waals surface area contributed by atoms with E-state index in [1.54, 1.807) is 55.6 Å². The second-order valence-corrected chi connectivity index (χ2v) is 5.71. The molecular weight excluding hydrogens is 334 g/mol. The second-order valence-electron chi connectivity index (χ2n) is 5.71. The Kier molecular flexibility index (Phi) is 6.32. The van der Waals surface area contributed by atoms with E-state index in [0.717, 1.165) is 5.56 Å². The summed E-state index contributed by atoms with van der Waals surface area (Å²) in [5.74, 6) is -0.745. The van der Waals surface area contributed by atoms with Crippen LogP contribution in [0, 0.1) is 0 Å². The van der Waals surface area contributed by atoms with E-state index >= 15 is 0 Å². The van der Waals surface area contributed by atoms with E-state index in [0.29, 0.717) is 11.4 Å². The van der Waals surface area contributed by atoms with Gasteiger partial charge in [0.1, 0.15) is 11.8 Å². The fourth-order valence-electron chi connectivity index (χ4n) is 2.44. The normalized spacial score (nSPS) is 11.3. The minimum Gasteiger partial charge on any atom is -0.497 e. The van der Waals surface area contributed by atoms with Crippen LogP contribution >= 0.6 is 0 Å². The van der Waals surface area contributed by atoms with Crippen LogP contribution in [0.3, 0.4) is 0 Å². The first-order chi connectivity index (χ1) is 12.4. The first-order valence-electron chi connectivity index (χ1n) is 8.00. The van der Waals surface area contributed by atoms with Gasteiger partial charge in [-0.15, -0.1) is 0 Å². The Bertz CT molecular complexity index is 803. The average Bonchev–Trinajstić information content (AvgIpc) is 2.61. The molecule has 2 aromatic rings. The molecule has 0 aliphatic heterocycles. The monoisotopic (exact) mass is 355 g/mol. The van der Waals surface area contributed by atoms with Crippen molar-refractivity contribution in [3.8, 4) is 5.75 Å². The molecule has 0 bridgehead atoms. The van der Waals surface area contributed by atoms with Crippen LogP contribution in [0.1, 0.15) is 22.8 Å². The summed E-state index contributed by atoms with van der Waals surface area (Å²) >= 11 is 0. The van der Waals surface area contributed by atoms with Gasteiger partial charge < -0.3 is 21.1 Å². The molecule has 0 aliphatic carbocycles. The topological polar surface area (TPSA) is 111 Å². The van der Waals surface area contributed by atoms with Crippen molar-refractivity contribution in [2.24, 2.45) is 5.73 Å². The van der Waals surface area contributed by atoms with Gasteiger partial charge in [0.2, 0.25) is 11.8 Å². The molecule has 7 nitrogen and oxygen atoms in total. The molecule has 0 aromatic heterocycles. The van der Waals surface area contributed by atoms with Crippen LogP contribution in [-0.2, 0) is 16.0 Å². The Hall–Kier alpha value is -3.35. The summed E-state index contributed by atoms with van der Waals surface area (Å²) in [6.45, 7) is 1.35. The number of para-hydroxylation sites is 1. The van der Waals surface area contributed by atoms with Crippen LogP contribution in [0.4, 0.5) is 5.69 Å². The Morgan fingerprint density at radius 2 is 1.73 bits per heavy atom. The summed E-state index contributed by atoms with van der Waals surface area (Å²) in [5, 5.41) is 5.22. The maximum absolute atomic E-state index is 12.6. The SMILES string of the molecule is COc1ccc(C[C@H](NC(=O)c2ccccc2NC(C)=O)C(N)=O)cc1. The third-order valence-corrected chi connectivity index (χ3v) is 3.73. The summed E-state index contributed by atoms with van der Waals surface area (Å²) in [4.78, 5) is 35.6. The molecule has 0 unspecified atom stereocenters. The number of primary amides is 1. The zero-order valence-corrected chi connectivity index (χ0v) is 14.6. The molecule has 0 spiro atoms. The lowest BCUT2D eigenvalue weighted by atomic mass is 10.0. The Morgan fingerprint density at radius 3 is 2.31 bits per heavy atom. The van der Waals surface area contributed by atoms with Crippen LogP contribution in [0.2, 0.25) is 0 Å². The number of methoxy groups -OCH3 is 1. The lowest BCUT2D eigenvalue weighted by Gasteiger charge is -2.17. The highest BCUT2D eigenvalue weighted by Crippen LogP contribution is 2.16. The molecule has 0 radical (unpaired) electrons. The number of anilines is 1. The zero-order valence-electron chi connectivity index (χ0n) is 14.6. The van der Waals surface area contributed by atoms with Gasteiger partial charge in [-0.1, -0.05) is 24.3 Å². The smallest absolute Gasteiger partial charge is 0.254 e. The van der Waals surface area contributed by atoms with Gasteiger partial charge in [-0.05, 0) is 29.8 Å². The van der Waals surface area contributed by atoms with Crippen LogP contribution in [0.25, 0.3) is 0 Å². The average molecular weight is 355 g/mol. The number of rotatable bonds is 7. The maximum Gasteiger partial charge on any atom is 0.254 e. The van der Waals surface area contributed by atoms with Crippen molar-refractivity contribution in [2.75, 3.05) is 12.4 Å². The Labute approximate surface area is 151 Å². The van der Waals surface area contributed by atoms with Crippen LogP contribution in [-0.4, -0.2) is 30.9 Å². The molecule has 26 heavy (non-hydrogen) atoms. The van der Waals surface area contributed by atoms with Gasteiger partial charge >= 0.3 is 0 Å². The number of carbonyl (C=O) groups excluding carboxylic acids is 3. The summed E-state index contributed by atoms with van der Waals surface area (Å²) in [7, 11) is 1.56. The molecule has 4 N–H and O–H groups in total. The Balaban J connectivity index is 2.15. The van der Waals surface area contributed by atoms with Crippen molar-refractivity contribution < 1.29 is 19.1 Å². The molecule has 136 valence electrons. The van der Waals surface area contributed by atoms with Crippen molar-refractivity contribution in [1.82, 2.24) is 5.32 Å². The number of hydrogen-bond donors (Lipinski definition) is 3. The summed E-state index contributed by atoms with van der Waals surface area (Å²) in [6, 6.07) is 12.8. The molecule has 2 aromatic carbocycles. The van der Waals surface area contributed by atoms with Gasteiger partial charge in [0.05, 0.1) is 18.4 Å². The molecule has 0 saturated heterocycles. The number of nitrogens with two attached hydrogens (primary N) is 1. The van der Waals surface area contributed by atoms with Crippen molar-refractivity contribution in [2.45, 2.75) is 19.4 Å². The third kappa shape index (κ3) is 5.07. The molecule has 7 heteroatoms. The quantitative estimate of drug-likeness (QED) is 0.698. The fourth-order valence-corrected chi connectivity index (χ4v) is 2.44. The van der Waals surface area contributed by atoms with E-state index in [1.807, 2.05) is 0 Å². The summed E-state index contributed by atoms with van der Waals surface area (Å²) in [5.41, 5.74) is 6.88. The summed E-state index contributed by atoms with van der Waals surface area (Å²) in [6.07, 6.45) is 0.243. The highest BCUT2D eigenvalue weighted by molar-refractivity contribution is 6.04. The molecule has 0 aliphatic rings. The van der Waals surface area contributed by atoms with Crippen LogP contribution in [0.5, 0.6) is 5.75 Å². The Morgan fingerprint density at radius 1 is 1.08 bits per heavy atom. The molecular formula is C19H21N3O4. The first kappa shape index (κ1) is 19.0. The summed E-state index contributed by atoms with van der Waals surface area (Å²) < 4.78 is 5.09. The number of benzene rings is 2. The standard InChI is InChI=1S/C19H21N3O4/c1-12(23)21-16-6-4-3-5-15(16)19(25)22-17(18(20)24)11-13-7-9-14(26-2)10-8-13/h3-10,17H,11H2,1-2H3,(H2,20,24)(H,21,23)(H,22,25)/t17-/m0/s1. The largest absolute Gasteiger partial charge is 0.497 e. The number of nitrogens with one attached hydrogen (secondary N) is 2. The van der Waals surface area contributed by atoms with Crippen molar-refractivity contribution in [1.29, 1.82) is 0 Å². The van der Waals surface area contributed by atoms with E-state index in [2.05, 4.69) is 10.6 Å². The number of carbonyl (C=O) groups is 3. The third-order valence-electron chi connectivity index (χ3n) is 3.73. The fraction of sp³-hybridized carbons (Fsp3) is 0.211. The van der Waals surface area contributed by atoms with Gasteiger partial charge in [-0.2, -0.15) is 0 Å².